The van der Waals surface area contributed by atoms with Crippen molar-refractivity contribution >= 4 is 40.6 Å². The molecule has 0 aliphatic carbocycles. The van der Waals surface area contributed by atoms with Crippen LogP contribution in [0.3, 0.4) is 0 Å². The van der Waals surface area contributed by atoms with E-state index in [0.29, 0.717) is 27.7 Å². The topological polar surface area (TPSA) is 75.7 Å². The molecule has 1 aliphatic rings. The molecule has 0 atom stereocenters. The Kier molecular flexibility index (Phi) is 5.46. The largest absolute Gasteiger partial charge is 0.482 e. The maximum atomic E-state index is 12.3. The van der Waals surface area contributed by atoms with Crippen LogP contribution in [0.4, 0.5) is 11.4 Å². The minimum absolute atomic E-state index is 0.0929. The van der Waals surface area contributed by atoms with Gasteiger partial charge in [-0.2, -0.15) is 0 Å². The van der Waals surface area contributed by atoms with E-state index in [1.54, 1.807) is 36.4 Å². The third-order valence-corrected chi connectivity index (χ3v) is 4.57. The average Bonchev–Trinajstić information content (AvgIpc) is 2.62. The molecule has 27 heavy (non-hydrogen) atoms. The zero-order valence-corrected chi connectivity index (χ0v) is 15.8. The molecule has 1 heterocycles. The molecule has 140 valence electrons. The number of anilines is 2. The summed E-state index contributed by atoms with van der Waals surface area (Å²) in [7, 11) is 0. The Hall–Kier alpha value is -2.86. The van der Waals surface area contributed by atoms with Crippen LogP contribution >= 0.6 is 11.6 Å². The first-order chi connectivity index (χ1) is 12.8. The molecule has 0 bridgehead atoms. The van der Waals surface area contributed by atoms with Crippen LogP contribution in [0.1, 0.15) is 29.3 Å². The summed E-state index contributed by atoms with van der Waals surface area (Å²) in [5.74, 6) is -0.0528. The molecular weight excluding hydrogens is 368 g/mol. The van der Waals surface area contributed by atoms with Crippen LogP contribution in [0, 0.1) is 6.92 Å². The maximum Gasteiger partial charge on any atom is 0.265 e. The zero-order chi connectivity index (χ0) is 19.6. The van der Waals surface area contributed by atoms with Gasteiger partial charge < -0.3 is 15.0 Å². The highest BCUT2D eigenvalue weighted by Crippen LogP contribution is 2.33. The number of halogens is 1. The molecule has 0 radical (unpaired) electrons. The van der Waals surface area contributed by atoms with Crippen molar-refractivity contribution in [2.45, 2.75) is 20.3 Å². The number of rotatable bonds is 5. The summed E-state index contributed by atoms with van der Waals surface area (Å²) >= 11 is 5.92. The van der Waals surface area contributed by atoms with Crippen molar-refractivity contribution in [1.29, 1.82) is 0 Å². The summed E-state index contributed by atoms with van der Waals surface area (Å²) in [5.41, 5.74) is 2.53. The number of amides is 2. The molecule has 7 heteroatoms. The highest BCUT2D eigenvalue weighted by molar-refractivity contribution is 6.30. The first kappa shape index (κ1) is 18.9. The quantitative estimate of drug-likeness (QED) is 0.796. The van der Waals surface area contributed by atoms with E-state index in [9.17, 15) is 14.4 Å². The lowest BCUT2D eigenvalue weighted by Crippen LogP contribution is -2.40. The molecule has 1 aliphatic heterocycles. The number of ether oxygens (including phenoxy) is 1. The van der Waals surface area contributed by atoms with Gasteiger partial charge in [-0.1, -0.05) is 11.6 Å². The van der Waals surface area contributed by atoms with Gasteiger partial charge in [0, 0.05) is 29.2 Å². The van der Waals surface area contributed by atoms with Gasteiger partial charge in [0.15, 0.2) is 12.4 Å². The second kappa shape index (κ2) is 7.80. The molecule has 3 rings (SSSR count). The molecule has 0 saturated carbocycles. The van der Waals surface area contributed by atoms with E-state index in [1.807, 2.05) is 6.92 Å². The summed E-state index contributed by atoms with van der Waals surface area (Å²) in [4.78, 5) is 37.7. The number of carbonyl (C=O) groups excluding carboxylic acids is 3. The summed E-state index contributed by atoms with van der Waals surface area (Å²) in [6.07, 6.45) is 0.109. The molecule has 0 spiro atoms. The van der Waals surface area contributed by atoms with Gasteiger partial charge in [-0.15, -0.1) is 0 Å². The minimum Gasteiger partial charge on any atom is -0.482 e. The van der Waals surface area contributed by atoms with Crippen molar-refractivity contribution in [2.24, 2.45) is 0 Å². The van der Waals surface area contributed by atoms with E-state index in [2.05, 4.69) is 5.32 Å². The number of Topliss-reactive ketones (excluding diaryl/α,β-unsaturated/α-hetero) is 1. The van der Waals surface area contributed by atoms with E-state index in [-0.39, 0.29) is 37.2 Å². The van der Waals surface area contributed by atoms with Crippen LogP contribution in [0.15, 0.2) is 36.4 Å². The Morgan fingerprint density at radius 1 is 1.22 bits per heavy atom. The van der Waals surface area contributed by atoms with Gasteiger partial charge >= 0.3 is 0 Å². The van der Waals surface area contributed by atoms with Crippen molar-refractivity contribution in [1.82, 2.24) is 0 Å². The van der Waals surface area contributed by atoms with Gasteiger partial charge in [-0.3, -0.25) is 14.4 Å². The molecule has 0 unspecified atom stereocenters. The summed E-state index contributed by atoms with van der Waals surface area (Å²) in [6, 6.07) is 10.2. The lowest BCUT2D eigenvalue weighted by Gasteiger charge is -2.29. The van der Waals surface area contributed by atoms with Gasteiger partial charge in [0.25, 0.3) is 5.91 Å². The molecular formula is C20H19ClN2O4. The van der Waals surface area contributed by atoms with Gasteiger partial charge in [-0.05, 0) is 55.8 Å². The van der Waals surface area contributed by atoms with Crippen LogP contribution in [0.5, 0.6) is 5.75 Å². The lowest BCUT2D eigenvalue weighted by molar-refractivity contribution is -0.121. The van der Waals surface area contributed by atoms with Gasteiger partial charge in [-0.25, -0.2) is 0 Å². The van der Waals surface area contributed by atoms with Crippen molar-refractivity contribution in [3.63, 3.8) is 0 Å². The van der Waals surface area contributed by atoms with E-state index < -0.39 is 0 Å². The van der Waals surface area contributed by atoms with Crippen LogP contribution < -0.4 is 15.0 Å². The van der Waals surface area contributed by atoms with Crippen molar-refractivity contribution in [3.8, 4) is 5.75 Å². The zero-order valence-electron chi connectivity index (χ0n) is 15.0. The number of nitrogens with zero attached hydrogens (tertiary/aromatic N) is 1. The smallest absolute Gasteiger partial charge is 0.265 e. The molecule has 2 aromatic carbocycles. The predicted molar refractivity (Wildman–Crippen MR) is 104 cm³/mol. The Morgan fingerprint density at radius 2 is 2.00 bits per heavy atom. The fourth-order valence-corrected chi connectivity index (χ4v) is 3.09. The van der Waals surface area contributed by atoms with Crippen molar-refractivity contribution < 1.29 is 19.1 Å². The monoisotopic (exact) mass is 386 g/mol. The molecule has 2 aromatic rings. The van der Waals surface area contributed by atoms with Crippen LogP contribution in [-0.4, -0.2) is 30.7 Å². The van der Waals surface area contributed by atoms with Crippen molar-refractivity contribution in [2.75, 3.05) is 23.4 Å². The number of carbonyl (C=O) groups is 3. The summed E-state index contributed by atoms with van der Waals surface area (Å²) in [5, 5.41) is 3.42. The van der Waals surface area contributed by atoms with E-state index in [1.165, 1.54) is 11.8 Å². The second-order valence-electron chi connectivity index (χ2n) is 6.33. The first-order valence-electron chi connectivity index (χ1n) is 8.49. The molecule has 2 amide bonds. The highest BCUT2D eigenvalue weighted by atomic mass is 35.5. The van der Waals surface area contributed by atoms with Gasteiger partial charge in [0.2, 0.25) is 5.91 Å². The fraction of sp³-hybridized carbons (Fsp3) is 0.250. The van der Waals surface area contributed by atoms with E-state index in [4.69, 9.17) is 16.3 Å². The van der Waals surface area contributed by atoms with Crippen LogP contribution in [0.25, 0.3) is 0 Å². The fourth-order valence-electron chi connectivity index (χ4n) is 2.86. The second-order valence-corrected chi connectivity index (χ2v) is 6.77. The minimum atomic E-state index is -0.251. The molecule has 0 fully saturated rings. The van der Waals surface area contributed by atoms with Crippen LogP contribution in [-0.2, 0) is 9.59 Å². The van der Waals surface area contributed by atoms with Crippen molar-refractivity contribution in [3.05, 3.63) is 52.5 Å². The van der Waals surface area contributed by atoms with E-state index >= 15 is 0 Å². The Labute approximate surface area is 162 Å². The Morgan fingerprint density at radius 3 is 2.70 bits per heavy atom. The van der Waals surface area contributed by atoms with Crippen LogP contribution in [0.2, 0.25) is 5.02 Å². The normalized spacial score (nSPS) is 13.0. The van der Waals surface area contributed by atoms with E-state index in [0.717, 1.165) is 5.56 Å². The third kappa shape index (κ3) is 4.28. The highest BCUT2D eigenvalue weighted by Gasteiger charge is 2.26. The lowest BCUT2D eigenvalue weighted by atomic mass is 10.1. The Balaban J connectivity index is 1.72. The predicted octanol–water partition coefficient (Wildman–Crippen LogP) is 3.61. The average molecular weight is 387 g/mol. The summed E-state index contributed by atoms with van der Waals surface area (Å²) < 4.78 is 5.41. The standard InChI is InChI=1S/C20H19ClN2O4/c1-12-9-15(21)4-5-16(12)22-19(25)7-8-23-17-10-14(13(2)24)3-6-18(17)27-11-20(23)26/h3-6,9-10H,7-8,11H2,1-2H3,(H,22,25). The number of ketones is 1. The number of fused-ring (bicyclic) bond motifs is 1. The number of hydrogen-bond donors (Lipinski definition) is 1. The van der Waals surface area contributed by atoms with Gasteiger partial charge in [0.05, 0.1) is 5.69 Å². The maximum absolute atomic E-state index is 12.3. The molecule has 6 nitrogen and oxygen atoms in total. The summed E-state index contributed by atoms with van der Waals surface area (Å²) in [6.45, 7) is 3.41. The number of benzene rings is 2. The SMILES string of the molecule is CC(=O)c1ccc2c(c1)N(CCC(=O)Nc1ccc(Cl)cc1C)C(=O)CO2. The third-order valence-electron chi connectivity index (χ3n) is 4.33. The van der Waals surface area contributed by atoms with Gasteiger partial charge in [0.1, 0.15) is 5.75 Å². The molecule has 1 N–H and O–H groups in total. The number of aryl methyl sites for hydroxylation is 1. The first-order valence-corrected chi connectivity index (χ1v) is 8.87. The molecule has 0 saturated heterocycles. The Bertz CT molecular complexity index is 926. The number of nitrogens with one attached hydrogen (secondary N) is 1. The molecule has 0 aromatic heterocycles. The number of hydrogen-bond acceptors (Lipinski definition) is 4.